The van der Waals surface area contributed by atoms with E-state index in [-0.39, 0.29) is 24.0 Å². The average molecular weight is 521 g/mol. The quantitative estimate of drug-likeness (QED) is 0.270. The number of benzene rings is 2. The van der Waals surface area contributed by atoms with Crippen molar-refractivity contribution in [2.75, 3.05) is 21.3 Å². The fraction of sp³-hybridized carbons (Fsp3) is 0.273. The van der Waals surface area contributed by atoms with Gasteiger partial charge in [0.1, 0.15) is 11.5 Å². The molecule has 0 aliphatic carbocycles. The molecule has 0 spiro atoms. The minimum atomic E-state index is 0. The Hall–Kier alpha value is -2.75. The van der Waals surface area contributed by atoms with Crippen LogP contribution in [-0.4, -0.2) is 37.0 Å². The molecule has 3 rings (SSSR count). The van der Waals surface area contributed by atoms with E-state index in [1.54, 1.807) is 27.5 Å². The monoisotopic (exact) mass is 521 g/mol. The number of nitrogens with one attached hydrogen (secondary N) is 2. The number of halogens is 1. The molecule has 30 heavy (non-hydrogen) atoms. The van der Waals surface area contributed by atoms with Crippen LogP contribution in [0.15, 0.2) is 65.9 Å². The lowest BCUT2D eigenvalue weighted by Gasteiger charge is -2.15. The highest BCUT2D eigenvalue weighted by molar-refractivity contribution is 14.0. The van der Waals surface area contributed by atoms with Crippen molar-refractivity contribution in [3.8, 4) is 11.5 Å². The summed E-state index contributed by atoms with van der Waals surface area (Å²) in [6.07, 6.45) is 3.75. The van der Waals surface area contributed by atoms with Crippen molar-refractivity contribution in [1.82, 2.24) is 20.4 Å². The van der Waals surface area contributed by atoms with E-state index in [9.17, 15) is 0 Å². The van der Waals surface area contributed by atoms with E-state index in [0.717, 1.165) is 29.6 Å². The Labute approximate surface area is 194 Å². The number of rotatable bonds is 8. The molecule has 2 N–H and O–H groups in total. The molecule has 0 saturated carbocycles. The normalized spacial score (nSPS) is 10.8. The molecule has 0 bridgehead atoms. The highest BCUT2D eigenvalue weighted by Gasteiger charge is 2.06. The van der Waals surface area contributed by atoms with Gasteiger partial charge >= 0.3 is 0 Å². The third kappa shape index (κ3) is 6.65. The minimum Gasteiger partial charge on any atom is -0.497 e. The van der Waals surface area contributed by atoms with E-state index in [4.69, 9.17) is 9.47 Å². The first-order chi connectivity index (χ1) is 14.2. The Balaban J connectivity index is 0.00000320. The number of hydrogen-bond acceptors (Lipinski definition) is 4. The van der Waals surface area contributed by atoms with Gasteiger partial charge in [-0.15, -0.1) is 24.0 Å². The number of aromatic nitrogens is 2. The Morgan fingerprint density at radius 1 is 1.00 bits per heavy atom. The van der Waals surface area contributed by atoms with Crippen LogP contribution in [-0.2, 0) is 19.6 Å². The van der Waals surface area contributed by atoms with Gasteiger partial charge in [0.05, 0.1) is 20.8 Å². The zero-order valence-electron chi connectivity index (χ0n) is 17.5. The molecule has 1 aromatic heterocycles. The number of ether oxygens (including phenoxy) is 2. The predicted molar refractivity (Wildman–Crippen MR) is 130 cm³/mol. The highest BCUT2D eigenvalue weighted by atomic mass is 127. The van der Waals surface area contributed by atoms with Crippen molar-refractivity contribution >= 4 is 29.9 Å². The van der Waals surface area contributed by atoms with Crippen molar-refractivity contribution in [3.63, 3.8) is 0 Å². The lowest BCUT2D eigenvalue weighted by Crippen LogP contribution is -2.36. The van der Waals surface area contributed by atoms with Crippen LogP contribution in [0.5, 0.6) is 11.5 Å². The molecule has 0 fully saturated rings. The van der Waals surface area contributed by atoms with Crippen molar-refractivity contribution in [3.05, 3.63) is 77.6 Å². The van der Waals surface area contributed by atoms with Crippen molar-refractivity contribution in [1.29, 1.82) is 0 Å². The van der Waals surface area contributed by atoms with E-state index in [0.29, 0.717) is 13.1 Å². The standard InChI is InChI=1S/C22H27N5O2.HI/c1-23-22(25-15-19-8-9-20(28-2)13-21(19)29-3)24-14-17-6-4-7-18(12-17)16-27-11-5-10-26-27;/h4-13H,14-16H2,1-3H3,(H2,23,24,25);1H. The van der Waals surface area contributed by atoms with Gasteiger partial charge in [-0.3, -0.25) is 9.67 Å². The number of hydrogen-bond donors (Lipinski definition) is 2. The summed E-state index contributed by atoms with van der Waals surface area (Å²) in [4.78, 5) is 4.31. The van der Waals surface area contributed by atoms with Crippen LogP contribution in [0.25, 0.3) is 0 Å². The van der Waals surface area contributed by atoms with Gasteiger partial charge in [0.25, 0.3) is 0 Å². The third-order valence-electron chi connectivity index (χ3n) is 4.52. The van der Waals surface area contributed by atoms with Gasteiger partial charge in [-0.25, -0.2) is 0 Å². The molecule has 2 aromatic carbocycles. The summed E-state index contributed by atoms with van der Waals surface area (Å²) < 4.78 is 12.6. The molecule has 1 heterocycles. The van der Waals surface area contributed by atoms with Crippen LogP contribution < -0.4 is 20.1 Å². The van der Waals surface area contributed by atoms with Crippen LogP contribution >= 0.6 is 24.0 Å². The van der Waals surface area contributed by atoms with E-state index in [1.165, 1.54) is 11.1 Å². The van der Waals surface area contributed by atoms with Gasteiger partial charge in [-0.2, -0.15) is 5.10 Å². The van der Waals surface area contributed by atoms with Gasteiger partial charge in [0, 0.05) is 44.2 Å². The summed E-state index contributed by atoms with van der Waals surface area (Å²) in [5, 5.41) is 10.9. The van der Waals surface area contributed by atoms with E-state index in [1.807, 2.05) is 35.1 Å². The summed E-state index contributed by atoms with van der Waals surface area (Å²) in [5.74, 6) is 2.27. The lowest BCUT2D eigenvalue weighted by atomic mass is 10.1. The summed E-state index contributed by atoms with van der Waals surface area (Å²) in [6.45, 7) is 2.02. The number of methoxy groups -OCH3 is 2. The van der Waals surface area contributed by atoms with Gasteiger partial charge < -0.3 is 20.1 Å². The number of nitrogens with zero attached hydrogens (tertiary/aromatic N) is 3. The predicted octanol–water partition coefficient (Wildman–Crippen LogP) is 3.43. The Kier molecular flexibility index (Phi) is 9.46. The SMILES string of the molecule is CN=C(NCc1cccc(Cn2cccn2)c1)NCc1ccc(OC)cc1OC.I. The fourth-order valence-electron chi connectivity index (χ4n) is 3.00. The van der Waals surface area contributed by atoms with Crippen LogP contribution in [0.2, 0.25) is 0 Å². The molecule has 0 unspecified atom stereocenters. The molecule has 160 valence electrons. The summed E-state index contributed by atoms with van der Waals surface area (Å²) in [7, 11) is 5.05. The van der Waals surface area contributed by atoms with Gasteiger partial charge in [0.15, 0.2) is 5.96 Å². The number of guanidine groups is 1. The van der Waals surface area contributed by atoms with E-state index < -0.39 is 0 Å². The molecular weight excluding hydrogens is 493 g/mol. The maximum absolute atomic E-state index is 5.45. The van der Waals surface area contributed by atoms with Crippen LogP contribution in [0, 0.1) is 0 Å². The zero-order valence-corrected chi connectivity index (χ0v) is 19.8. The smallest absolute Gasteiger partial charge is 0.191 e. The average Bonchev–Trinajstić information content (AvgIpc) is 3.27. The maximum Gasteiger partial charge on any atom is 0.191 e. The summed E-state index contributed by atoms with van der Waals surface area (Å²) in [6, 6.07) is 16.1. The van der Waals surface area contributed by atoms with Crippen LogP contribution in [0.4, 0.5) is 0 Å². The van der Waals surface area contributed by atoms with Gasteiger partial charge in [0.2, 0.25) is 0 Å². The van der Waals surface area contributed by atoms with E-state index in [2.05, 4.69) is 45.0 Å². The molecular formula is C22H28IN5O2. The fourth-order valence-corrected chi connectivity index (χ4v) is 3.00. The molecule has 3 aromatic rings. The molecule has 0 radical (unpaired) electrons. The first kappa shape index (κ1) is 23.5. The zero-order chi connectivity index (χ0) is 20.5. The second-order valence-corrected chi connectivity index (χ2v) is 6.48. The van der Waals surface area contributed by atoms with E-state index >= 15 is 0 Å². The summed E-state index contributed by atoms with van der Waals surface area (Å²) in [5.41, 5.74) is 3.41. The Morgan fingerprint density at radius 2 is 1.80 bits per heavy atom. The van der Waals surface area contributed by atoms with Crippen LogP contribution in [0.3, 0.4) is 0 Å². The van der Waals surface area contributed by atoms with Gasteiger partial charge in [-0.1, -0.05) is 24.3 Å². The second kappa shape index (κ2) is 12.1. The van der Waals surface area contributed by atoms with Crippen molar-refractivity contribution in [2.45, 2.75) is 19.6 Å². The molecule has 8 heteroatoms. The molecule has 0 atom stereocenters. The first-order valence-electron chi connectivity index (χ1n) is 9.42. The van der Waals surface area contributed by atoms with Gasteiger partial charge in [-0.05, 0) is 29.3 Å². The number of aliphatic imine (C=N–C) groups is 1. The third-order valence-corrected chi connectivity index (χ3v) is 4.52. The largest absolute Gasteiger partial charge is 0.497 e. The second-order valence-electron chi connectivity index (χ2n) is 6.48. The van der Waals surface area contributed by atoms with Crippen molar-refractivity contribution < 1.29 is 9.47 Å². The molecule has 0 aliphatic heterocycles. The minimum absolute atomic E-state index is 0. The Bertz CT molecular complexity index is 944. The molecule has 7 nitrogen and oxygen atoms in total. The molecule has 0 amide bonds. The Morgan fingerprint density at radius 3 is 2.50 bits per heavy atom. The first-order valence-corrected chi connectivity index (χ1v) is 9.42. The maximum atomic E-state index is 5.45. The van der Waals surface area contributed by atoms with Crippen LogP contribution in [0.1, 0.15) is 16.7 Å². The van der Waals surface area contributed by atoms with Crippen molar-refractivity contribution in [2.24, 2.45) is 4.99 Å². The molecule has 0 saturated heterocycles. The highest BCUT2D eigenvalue weighted by Crippen LogP contribution is 2.24. The molecule has 0 aliphatic rings. The summed E-state index contributed by atoms with van der Waals surface area (Å²) >= 11 is 0. The lowest BCUT2D eigenvalue weighted by molar-refractivity contribution is 0.390. The topological polar surface area (TPSA) is 72.7 Å².